The molecule has 0 saturated carbocycles. The van der Waals surface area contributed by atoms with Gasteiger partial charge in [0.05, 0.1) is 6.61 Å². The number of carbonyl (C=O) groups excluding carboxylic acids is 2. The third kappa shape index (κ3) is 45.6. The van der Waals surface area contributed by atoms with Crippen molar-refractivity contribution in [3.05, 3.63) is 0 Å². The lowest BCUT2D eigenvalue weighted by atomic mass is 10.0. The normalized spacial score (nSPS) is 12.4. The fraction of sp³-hybridized carbons (Fsp3) is 0.957. The van der Waals surface area contributed by atoms with Crippen LogP contribution in [0.3, 0.4) is 0 Å². The molecule has 0 amide bonds. The first-order chi connectivity index (χ1) is 26.6. The Morgan fingerprint density at radius 2 is 0.764 bits per heavy atom. The first kappa shape index (κ1) is 54.0. The standard InChI is InChI=1S/C46H91O8P/c1-4-5-6-7-8-9-10-11-12-13-14-15-18-21-24-27-30-33-36-39-45(47)52-41-44(42-53-55(49,50)51)54-46(48)40-37-34-31-28-25-22-19-16-17-20-23-26-29-32-35-38-43(2)3/h43-44H,4-42H2,1-3H3,(H2,49,50,51)/t44-/m1/s1. The van der Waals surface area contributed by atoms with Crippen LogP contribution in [-0.2, 0) is 28.2 Å². The lowest BCUT2D eigenvalue weighted by Crippen LogP contribution is -2.29. The fourth-order valence-electron chi connectivity index (χ4n) is 7.27. The largest absolute Gasteiger partial charge is 0.469 e. The van der Waals surface area contributed by atoms with E-state index in [0.717, 1.165) is 38.0 Å². The highest BCUT2D eigenvalue weighted by atomic mass is 31.2. The minimum absolute atomic E-state index is 0.220. The molecule has 328 valence electrons. The molecule has 0 unspecified atom stereocenters. The monoisotopic (exact) mass is 803 g/mol. The maximum atomic E-state index is 12.4. The van der Waals surface area contributed by atoms with E-state index in [2.05, 4.69) is 25.3 Å². The molecule has 2 N–H and O–H groups in total. The molecule has 9 heteroatoms. The van der Waals surface area contributed by atoms with E-state index in [1.807, 2.05) is 0 Å². The molecule has 0 aromatic carbocycles. The number of hydrogen-bond donors (Lipinski definition) is 2. The molecule has 0 aromatic heterocycles. The molecule has 0 aromatic rings. The van der Waals surface area contributed by atoms with Gasteiger partial charge in [0.2, 0.25) is 0 Å². The summed E-state index contributed by atoms with van der Waals surface area (Å²) in [5.74, 6) is -0.0280. The summed E-state index contributed by atoms with van der Waals surface area (Å²) in [6.45, 7) is 6.09. The highest BCUT2D eigenvalue weighted by Crippen LogP contribution is 2.36. The summed E-state index contributed by atoms with van der Waals surface area (Å²) in [7, 11) is -4.75. The fourth-order valence-corrected chi connectivity index (χ4v) is 7.63. The maximum absolute atomic E-state index is 12.4. The van der Waals surface area contributed by atoms with E-state index < -0.39 is 32.5 Å². The zero-order valence-corrected chi connectivity index (χ0v) is 37.4. The van der Waals surface area contributed by atoms with Gasteiger partial charge in [-0.15, -0.1) is 0 Å². The molecule has 0 aliphatic carbocycles. The predicted molar refractivity (Wildman–Crippen MR) is 230 cm³/mol. The molecular formula is C46H91O8P. The predicted octanol–water partition coefficient (Wildman–Crippen LogP) is 14.7. The quantitative estimate of drug-likeness (QED) is 0.0355. The van der Waals surface area contributed by atoms with E-state index in [0.29, 0.717) is 6.42 Å². The summed E-state index contributed by atoms with van der Waals surface area (Å²) in [6, 6.07) is 0. The Kier molecular flexibility index (Phi) is 40.5. The second-order valence-electron chi connectivity index (χ2n) is 16.9. The third-order valence-electron chi connectivity index (χ3n) is 10.8. The van der Waals surface area contributed by atoms with Gasteiger partial charge in [0.25, 0.3) is 0 Å². The van der Waals surface area contributed by atoms with Crippen LogP contribution >= 0.6 is 7.82 Å². The van der Waals surface area contributed by atoms with Crippen LogP contribution in [0.15, 0.2) is 0 Å². The van der Waals surface area contributed by atoms with Crippen LogP contribution < -0.4 is 0 Å². The molecule has 0 aliphatic heterocycles. The highest BCUT2D eigenvalue weighted by Gasteiger charge is 2.23. The molecule has 55 heavy (non-hydrogen) atoms. The van der Waals surface area contributed by atoms with Crippen LogP contribution in [0.4, 0.5) is 0 Å². The average molecular weight is 803 g/mol. The lowest BCUT2D eigenvalue weighted by molar-refractivity contribution is -0.161. The van der Waals surface area contributed by atoms with Crippen LogP contribution in [0.1, 0.15) is 258 Å². The number of hydrogen-bond acceptors (Lipinski definition) is 6. The van der Waals surface area contributed by atoms with E-state index in [-0.39, 0.29) is 19.4 Å². The summed E-state index contributed by atoms with van der Waals surface area (Å²) < 4.78 is 26.5. The van der Waals surface area contributed by atoms with Gasteiger partial charge in [-0.3, -0.25) is 14.1 Å². The van der Waals surface area contributed by atoms with Gasteiger partial charge in [0.1, 0.15) is 6.61 Å². The number of carbonyl (C=O) groups is 2. The van der Waals surface area contributed by atoms with Gasteiger partial charge in [-0.2, -0.15) is 0 Å². The van der Waals surface area contributed by atoms with E-state index in [4.69, 9.17) is 19.3 Å². The summed E-state index contributed by atoms with van der Waals surface area (Å²) in [6.07, 6.45) is 44.0. The van der Waals surface area contributed by atoms with Gasteiger partial charge in [-0.25, -0.2) is 4.57 Å². The molecule has 0 aliphatic rings. The smallest absolute Gasteiger partial charge is 0.462 e. The van der Waals surface area contributed by atoms with Gasteiger partial charge in [-0.05, 0) is 18.8 Å². The summed E-state index contributed by atoms with van der Waals surface area (Å²) in [5.41, 5.74) is 0. The zero-order valence-electron chi connectivity index (χ0n) is 36.5. The molecule has 0 spiro atoms. The first-order valence-electron chi connectivity index (χ1n) is 23.7. The summed E-state index contributed by atoms with van der Waals surface area (Å²) in [4.78, 5) is 43.0. The van der Waals surface area contributed by atoms with Crippen molar-refractivity contribution in [1.82, 2.24) is 0 Å². The van der Waals surface area contributed by atoms with Crippen molar-refractivity contribution in [2.24, 2.45) is 5.92 Å². The minimum atomic E-state index is -4.75. The van der Waals surface area contributed by atoms with Crippen molar-refractivity contribution in [3.63, 3.8) is 0 Å². The average Bonchev–Trinajstić information content (AvgIpc) is 3.14. The number of phosphoric acid groups is 1. The number of unbranched alkanes of at least 4 members (excludes halogenated alkanes) is 32. The minimum Gasteiger partial charge on any atom is -0.462 e. The van der Waals surface area contributed by atoms with Gasteiger partial charge in [0, 0.05) is 12.8 Å². The Hall–Kier alpha value is -0.950. The van der Waals surface area contributed by atoms with Gasteiger partial charge >= 0.3 is 19.8 Å². The Morgan fingerprint density at radius 1 is 0.455 bits per heavy atom. The lowest BCUT2D eigenvalue weighted by Gasteiger charge is -2.18. The first-order valence-corrected chi connectivity index (χ1v) is 25.2. The number of rotatable bonds is 44. The molecule has 0 rings (SSSR count). The summed E-state index contributed by atoms with van der Waals surface area (Å²) in [5, 5.41) is 0. The molecule has 0 saturated heterocycles. The van der Waals surface area contributed by atoms with Gasteiger partial charge in [0.15, 0.2) is 6.10 Å². The SMILES string of the molecule is CCCCCCCCCCCCCCCCCCCCCC(=O)OC[C@H](COP(=O)(O)O)OC(=O)CCCCCCCCCCCCCCCCCC(C)C. The number of esters is 2. The Labute approximate surface area is 340 Å². The molecule has 0 fully saturated rings. The number of phosphoric ester groups is 1. The second kappa shape index (κ2) is 41.2. The highest BCUT2D eigenvalue weighted by molar-refractivity contribution is 7.46. The molecular weight excluding hydrogens is 711 g/mol. The third-order valence-corrected chi connectivity index (χ3v) is 11.3. The molecule has 0 bridgehead atoms. The van der Waals surface area contributed by atoms with Crippen molar-refractivity contribution < 1.29 is 37.9 Å². The van der Waals surface area contributed by atoms with Crippen LogP contribution in [0.25, 0.3) is 0 Å². The van der Waals surface area contributed by atoms with E-state index >= 15 is 0 Å². The zero-order chi connectivity index (χ0) is 40.5. The van der Waals surface area contributed by atoms with Crippen molar-refractivity contribution in [2.45, 2.75) is 264 Å². The van der Waals surface area contributed by atoms with E-state index in [1.54, 1.807) is 0 Å². The van der Waals surface area contributed by atoms with Crippen LogP contribution in [0, 0.1) is 5.92 Å². The van der Waals surface area contributed by atoms with Crippen LogP contribution in [0.2, 0.25) is 0 Å². The van der Waals surface area contributed by atoms with Gasteiger partial charge < -0.3 is 19.3 Å². The van der Waals surface area contributed by atoms with Crippen LogP contribution in [0.5, 0.6) is 0 Å². The Balaban J connectivity index is 3.80. The molecule has 0 radical (unpaired) electrons. The van der Waals surface area contributed by atoms with Crippen molar-refractivity contribution in [1.29, 1.82) is 0 Å². The van der Waals surface area contributed by atoms with Gasteiger partial charge in [-0.1, -0.05) is 233 Å². The Morgan fingerprint density at radius 3 is 1.09 bits per heavy atom. The molecule has 0 heterocycles. The maximum Gasteiger partial charge on any atom is 0.469 e. The molecule has 8 nitrogen and oxygen atoms in total. The molecule has 1 atom stereocenters. The van der Waals surface area contributed by atoms with E-state index in [1.165, 1.54) is 186 Å². The topological polar surface area (TPSA) is 119 Å². The van der Waals surface area contributed by atoms with E-state index in [9.17, 15) is 14.2 Å². The van der Waals surface area contributed by atoms with Crippen molar-refractivity contribution in [2.75, 3.05) is 13.2 Å². The Bertz CT molecular complexity index is 876. The number of ether oxygens (including phenoxy) is 2. The van der Waals surface area contributed by atoms with Crippen molar-refractivity contribution >= 4 is 19.8 Å². The van der Waals surface area contributed by atoms with Crippen molar-refractivity contribution in [3.8, 4) is 0 Å². The summed E-state index contributed by atoms with van der Waals surface area (Å²) >= 11 is 0. The second-order valence-corrected chi connectivity index (χ2v) is 18.2. The van der Waals surface area contributed by atoms with Crippen LogP contribution in [-0.4, -0.2) is 41.0 Å².